The van der Waals surface area contributed by atoms with Gasteiger partial charge in [0, 0.05) is 16.9 Å². The van der Waals surface area contributed by atoms with Crippen molar-refractivity contribution in [3.05, 3.63) is 29.8 Å². The van der Waals surface area contributed by atoms with Crippen LogP contribution < -0.4 is 10.1 Å². The first kappa shape index (κ1) is 16.8. The first-order valence-corrected chi connectivity index (χ1v) is 7.01. The highest BCUT2D eigenvalue weighted by Gasteiger charge is 2.31. The second-order valence-electron chi connectivity index (χ2n) is 4.17. The lowest BCUT2D eigenvalue weighted by molar-refractivity contribution is -0.274. The van der Waals surface area contributed by atoms with Gasteiger partial charge >= 0.3 is 6.36 Å². The van der Waals surface area contributed by atoms with E-state index in [1.165, 1.54) is 12.1 Å². The Bertz CT molecular complexity index is 434. The summed E-state index contributed by atoms with van der Waals surface area (Å²) in [4.78, 5) is 11.9. The molecule has 0 aromatic heterocycles. The summed E-state index contributed by atoms with van der Waals surface area (Å²) in [6, 6.07) is 4.80. The van der Waals surface area contributed by atoms with Crippen LogP contribution in [0.2, 0.25) is 0 Å². The molecule has 20 heavy (non-hydrogen) atoms. The maximum atomic E-state index is 12.0. The highest BCUT2D eigenvalue weighted by molar-refractivity contribution is 9.09. The van der Waals surface area contributed by atoms with Crippen LogP contribution in [0.25, 0.3) is 0 Å². The summed E-state index contributed by atoms with van der Waals surface area (Å²) in [5.41, 5.74) is 0.288. The van der Waals surface area contributed by atoms with Gasteiger partial charge in [-0.15, -0.1) is 13.2 Å². The lowest BCUT2D eigenvalue weighted by Crippen LogP contribution is -2.29. The number of rotatable bonds is 6. The number of nitrogens with one attached hydrogen (secondary N) is 1. The average Bonchev–Trinajstić information content (AvgIpc) is 2.35. The zero-order chi connectivity index (χ0) is 15.2. The van der Waals surface area contributed by atoms with Crippen molar-refractivity contribution < 1.29 is 22.7 Å². The van der Waals surface area contributed by atoms with Crippen molar-refractivity contribution in [1.82, 2.24) is 5.32 Å². The smallest absolute Gasteiger partial charge is 0.406 e. The summed E-state index contributed by atoms with van der Waals surface area (Å²) in [6.07, 6.45) is -2.80. The van der Waals surface area contributed by atoms with Crippen molar-refractivity contribution in [3.63, 3.8) is 0 Å². The molecule has 1 N–H and O–H groups in total. The summed E-state index contributed by atoms with van der Waals surface area (Å²) in [5, 5.41) is 2.70. The van der Waals surface area contributed by atoms with Crippen molar-refractivity contribution in [2.24, 2.45) is 0 Å². The van der Waals surface area contributed by atoms with Crippen molar-refractivity contribution in [2.45, 2.75) is 31.0 Å². The van der Waals surface area contributed by atoms with Crippen molar-refractivity contribution in [1.29, 1.82) is 0 Å². The molecule has 0 radical (unpaired) electrons. The minimum absolute atomic E-state index is 0.185. The van der Waals surface area contributed by atoms with Gasteiger partial charge in [0.25, 0.3) is 5.91 Å². The van der Waals surface area contributed by atoms with Crippen LogP contribution in [0.1, 0.15) is 30.1 Å². The Morgan fingerprint density at radius 1 is 1.35 bits per heavy atom. The molecule has 1 aromatic carbocycles. The molecular formula is C13H15BrF3NO2. The number of hydrogen-bond acceptors (Lipinski definition) is 2. The maximum absolute atomic E-state index is 12.0. The second kappa shape index (κ2) is 7.52. The van der Waals surface area contributed by atoms with Crippen LogP contribution in [0, 0.1) is 0 Å². The number of alkyl halides is 4. The van der Waals surface area contributed by atoms with E-state index in [9.17, 15) is 18.0 Å². The van der Waals surface area contributed by atoms with Gasteiger partial charge in [0.15, 0.2) is 0 Å². The Balaban J connectivity index is 2.53. The average molecular weight is 354 g/mol. The van der Waals surface area contributed by atoms with E-state index in [1.807, 2.05) is 6.92 Å². The largest absolute Gasteiger partial charge is 0.573 e. The first-order valence-electron chi connectivity index (χ1n) is 6.10. The minimum atomic E-state index is -4.73. The zero-order valence-electron chi connectivity index (χ0n) is 10.8. The van der Waals surface area contributed by atoms with Gasteiger partial charge in [-0.2, -0.15) is 0 Å². The quantitative estimate of drug-likeness (QED) is 0.788. The number of halogens is 4. The molecule has 1 unspecified atom stereocenters. The van der Waals surface area contributed by atoms with Crippen LogP contribution in [0.5, 0.6) is 5.75 Å². The molecule has 0 aliphatic heterocycles. The number of ether oxygens (including phenoxy) is 1. The summed E-state index contributed by atoms with van der Waals surface area (Å²) in [5.74, 6) is -0.678. The molecule has 1 rings (SSSR count). The molecule has 1 atom stereocenters. The Hall–Kier alpha value is -1.24. The Morgan fingerprint density at radius 3 is 2.45 bits per heavy atom. The predicted octanol–water partition coefficient (Wildman–Crippen LogP) is 3.88. The molecule has 7 heteroatoms. The number of amides is 1. The molecule has 0 fully saturated rings. The van der Waals surface area contributed by atoms with Gasteiger partial charge in [0.05, 0.1) is 0 Å². The van der Waals surface area contributed by atoms with Crippen molar-refractivity contribution >= 4 is 21.8 Å². The fraction of sp³-hybridized carbons (Fsp3) is 0.462. The molecule has 0 heterocycles. The molecule has 0 aliphatic carbocycles. The van der Waals surface area contributed by atoms with Crippen LogP contribution in [-0.2, 0) is 0 Å². The number of benzene rings is 1. The third kappa shape index (κ3) is 6.27. The van der Waals surface area contributed by atoms with Crippen molar-refractivity contribution in [2.75, 3.05) is 6.54 Å². The summed E-state index contributed by atoms with van der Waals surface area (Å²) in [6.45, 7) is 2.50. The van der Waals surface area contributed by atoms with Gasteiger partial charge in [0.2, 0.25) is 0 Å². The lowest BCUT2D eigenvalue weighted by atomic mass is 10.2. The molecule has 0 aliphatic rings. The summed E-state index contributed by atoms with van der Waals surface area (Å²) >= 11 is 3.42. The number of carbonyl (C=O) groups excluding carboxylic acids is 1. The molecule has 0 bridgehead atoms. The second-order valence-corrected chi connectivity index (χ2v) is 5.46. The van der Waals surface area contributed by atoms with Crippen LogP contribution in [-0.4, -0.2) is 23.6 Å². The SMILES string of the molecule is CCCC(Br)CNC(=O)c1ccc(OC(F)(F)F)cc1. The van der Waals surface area contributed by atoms with E-state index < -0.39 is 6.36 Å². The van der Waals surface area contributed by atoms with Gasteiger partial charge < -0.3 is 10.1 Å². The van der Waals surface area contributed by atoms with Crippen LogP contribution in [0.4, 0.5) is 13.2 Å². The summed E-state index contributed by atoms with van der Waals surface area (Å²) in [7, 11) is 0. The minimum Gasteiger partial charge on any atom is -0.406 e. The molecule has 0 spiro atoms. The van der Waals surface area contributed by atoms with Gasteiger partial charge in [-0.3, -0.25) is 4.79 Å². The van der Waals surface area contributed by atoms with Gasteiger partial charge in [0.1, 0.15) is 5.75 Å². The van der Waals surface area contributed by atoms with E-state index in [0.29, 0.717) is 6.54 Å². The highest BCUT2D eigenvalue weighted by atomic mass is 79.9. The Morgan fingerprint density at radius 2 is 1.95 bits per heavy atom. The van der Waals surface area contributed by atoms with Crippen molar-refractivity contribution in [3.8, 4) is 5.75 Å². The van der Waals surface area contributed by atoms with E-state index in [0.717, 1.165) is 25.0 Å². The third-order valence-electron chi connectivity index (χ3n) is 2.44. The fourth-order valence-electron chi connectivity index (χ4n) is 1.53. The molecule has 1 amide bonds. The van der Waals surface area contributed by atoms with E-state index in [4.69, 9.17) is 0 Å². The predicted molar refractivity (Wildman–Crippen MR) is 73.1 cm³/mol. The molecule has 0 saturated carbocycles. The standard InChI is InChI=1S/C13H15BrF3NO2/c1-2-3-10(14)8-18-12(19)9-4-6-11(7-5-9)20-13(15,16)17/h4-7,10H,2-3,8H2,1H3,(H,18,19). The number of hydrogen-bond donors (Lipinski definition) is 1. The van der Waals surface area contributed by atoms with Gasteiger partial charge in [-0.05, 0) is 30.7 Å². The zero-order valence-corrected chi connectivity index (χ0v) is 12.4. The molecular weight excluding hydrogens is 339 g/mol. The Labute approximate surface area is 123 Å². The van der Waals surface area contributed by atoms with Gasteiger partial charge in [-0.25, -0.2) is 0 Å². The fourth-order valence-corrected chi connectivity index (χ4v) is 2.15. The van der Waals surface area contributed by atoms with E-state index in [1.54, 1.807) is 0 Å². The Kier molecular flexibility index (Phi) is 6.32. The van der Waals surface area contributed by atoms with Gasteiger partial charge in [-0.1, -0.05) is 29.3 Å². The molecule has 3 nitrogen and oxygen atoms in total. The third-order valence-corrected chi connectivity index (χ3v) is 3.22. The maximum Gasteiger partial charge on any atom is 0.573 e. The highest BCUT2D eigenvalue weighted by Crippen LogP contribution is 2.22. The van der Waals surface area contributed by atoms with E-state index >= 15 is 0 Å². The van der Waals surface area contributed by atoms with E-state index in [2.05, 4.69) is 26.0 Å². The van der Waals surface area contributed by atoms with Crippen LogP contribution in [0.3, 0.4) is 0 Å². The monoisotopic (exact) mass is 353 g/mol. The molecule has 112 valence electrons. The normalized spacial score (nSPS) is 12.8. The van der Waals surface area contributed by atoms with E-state index in [-0.39, 0.29) is 22.0 Å². The number of carbonyl (C=O) groups is 1. The molecule has 1 aromatic rings. The van der Waals surface area contributed by atoms with Crippen LogP contribution >= 0.6 is 15.9 Å². The molecule has 0 saturated heterocycles. The first-order chi connectivity index (χ1) is 9.31. The summed E-state index contributed by atoms with van der Waals surface area (Å²) < 4.78 is 39.7. The topological polar surface area (TPSA) is 38.3 Å². The lowest BCUT2D eigenvalue weighted by Gasteiger charge is -2.11. The van der Waals surface area contributed by atoms with Crippen LogP contribution in [0.15, 0.2) is 24.3 Å².